The molecule has 1 heterocycles. The van der Waals surface area contributed by atoms with Gasteiger partial charge in [-0.05, 0) is 53.9 Å². The standard InChI is InChI=1S/C23H21FN2O/c1-2-6-16-11-13-19(14-12-16)26-22(17-7-5-8-18(24)15-17)25-21-10-4-3-9-20(21)23(26)27/h3-5,7-15,22,25H,2,6H2,1H3. The molecule has 0 aliphatic carbocycles. The van der Waals surface area contributed by atoms with Crippen molar-refractivity contribution in [3.8, 4) is 0 Å². The number of anilines is 2. The van der Waals surface area contributed by atoms with E-state index in [-0.39, 0.29) is 11.7 Å². The van der Waals surface area contributed by atoms with E-state index in [1.807, 2.05) is 42.5 Å². The van der Waals surface area contributed by atoms with Crippen LogP contribution in [0.2, 0.25) is 0 Å². The molecule has 0 aromatic heterocycles. The zero-order valence-corrected chi connectivity index (χ0v) is 15.2. The highest BCUT2D eigenvalue weighted by Crippen LogP contribution is 2.36. The van der Waals surface area contributed by atoms with Crippen molar-refractivity contribution in [2.75, 3.05) is 10.2 Å². The zero-order valence-electron chi connectivity index (χ0n) is 15.2. The molecule has 3 aromatic rings. The summed E-state index contributed by atoms with van der Waals surface area (Å²) in [5, 5.41) is 3.40. The predicted molar refractivity (Wildman–Crippen MR) is 106 cm³/mol. The third kappa shape index (κ3) is 3.31. The Labute approximate surface area is 158 Å². The molecule has 27 heavy (non-hydrogen) atoms. The van der Waals surface area contributed by atoms with E-state index in [9.17, 15) is 9.18 Å². The molecule has 0 spiro atoms. The number of para-hydroxylation sites is 1. The molecule has 0 fully saturated rings. The van der Waals surface area contributed by atoms with Crippen LogP contribution < -0.4 is 10.2 Å². The molecule has 4 rings (SSSR count). The lowest BCUT2D eigenvalue weighted by atomic mass is 10.0. The number of hydrogen-bond donors (Lipinski definition) is 1. The summed E-state index contributed by atoms with van der Waals surface area (Å²) in [4.78, 5) is 15.0. The normalized spacial score (nSPS) is 16.0. The number of benzene rings is 3. The second-order valence-electron chi connectivity index (χ2n) is 6.74. The highest BCUT2D eigenvalue weighted by molar-refractivity contribution is 6.12. The fraction of sp³-hybridized carbons (Fsp3) is 0.174. The van der Waals surface area contributed by atoms with E-state index in [1.165, 1.54) is 17.7 Å². The Kier molecular flexibility index (Phi) is 4.63. The molecule has 136 valence electrons. The summed E-state index contributed by atoms with van der Waals surface area (Å²) in [6.07, 6.45) is 1.60. The average Bonchev–Trinajstić information content (AvgIpc) is 2.69. The Morgan fingerprint density at radius 2 is 1.78 bits per heavy atom. The van der Waals surface area contributed by atoms with Gasteiger partial charge in [0.1, 0.15) is 12.0 Å². The average molecular weight is 360 g/mol. The molecule has 3 nitrogen and oxygen atoms in total. The van der Waals surface area contributed by atoms with Crippen LogP contribution in [0.25, 0.3) is 0 Å². The first-order valence-corrected chi connectivity index (χ1v) is 9.21. The van der Waals surface area contributed by atoms with E-state index >= 15 is 0 Å². The van der Waals surface area contributed by atoms with E-state index in [0.29, 0.717) is 11.1 Å². The third-order valence-electron chi connectivity index (χ3n) is 4.84. The van der Waals surface area contributed by atoms with E-state index in [4.69, 9.17) is 0 Å². The number of aryl methyl sites for hydroxylation is 1. The molecular formula is C23H21FN2O. The number of fused-ring (bicyclic) bond motifs is 1. The zero-order chi connectivity index (χ0) is 18.8. The van der Waals surface area contributed by atoms with Crippen LogP contribution in [0.15, 0.2) is 72.8 Å². The van der Waals surface area contributed by atoms with Gasteiger partial charge >= 0.3 is 0 Å². The van der Waals surface area contributed by atoms with Crippen LogP contribution in [0.3, 0.4) is 0 Å². The van der Waals surface area contributed by atoms with Gasteiger partial charge in [0.15, 0.2) is 0 Å². The maximum atomic E-state index is 13.9. The predicted octanol–water partition coefficient (Wildman–Crippen LogP) is 5.55. The van der Waals surface area contributed by atoms with Crippen LogP contribution in [0.4, 0.5) is 15.8 Å². The smallest absolute Gasteiger partial charge is 0.262 e. The van der Waals surface area contributed by atoms with E-state index < -0.39 is 6.17 Å². The van der Waals surface area contributed by atoms with Crippen LogP contribution in [-0.2, 0) is 6.42 Å². The van der Waals surface area contributed by atoms with E-state index in [2.05, 4.69) is 24.4 Å². The Morgan fingerprint density at radius 1 is 1.00 bits per heavy atom. The fourth-order valence-electron chi connectivity index (χ4n) is 3.54. The summed E-state index contributed by atoms with van der Waals surface area (Å²) in [6.45, 7) is 2.14. The lowest BCUT2D eigenvalue weighted by Crippen LogP contribution is -2.43. The highest BCUT2D eigenvalue weighted by Gasteiger charge is 2.34. The molecule has 3 aromatic carbocycles. The minimum atomic E-state index is -0.472. The molecule has 1 unspecified atom stereocenters. The van der Waals surface area contributed by atoms with Crippen LogP contribution >= 0.6 is 0 Å². The van der Waals surface area contributed by atoms with Gasteiger partial charge < -0.3 is 5.32 Å². The first-order chi connectivity index (χ1) is 13.2. The van der Waals surface area contributed by atoms with Crippen LogP contribution in [0, 0.1) is 5.82 Å². The van der Waals surface area contributed by atoms with Gasteiger partial charge in [-0.1, -0.05) is 49.7 Å². The molecule has 0 saturated heterocycles. The van der Waals surface area contributed by atoms with Gasteiger partial charge in [-0.2, -0.15) is 0 Å². The molecule has 0 bridgehead atoms. The number of amides is 1. The van der Waals surface area contributed by atoms with Crippen LogP contribution in [0.1, 0.15) is 41.0 Å². The van der Waals surface area contributed by atoms with Crippen molar-refractivity contribution >= 4 is 17.3 Å². The number of carbonyl (C=O) groups is 1. The number of halogens is 1. The quantitative estimate of drug-likeness (QED) is 0.662. The topological polar surface area (TPSA) is 32.3 Å². The Bertz CT molecular complexity index is 968. The Balaban J connectivity index is 1.80. The molecule has 1 aliphatic rings. The first-order valence-electron chi connectivity index (χ1n) is 9.21. The molecule has 0 saturated carbocycles. The number of nitrogens with one attached hydrogen (secondary N) is 1. The third-order valence-corrected chi connectivity index (χ3v) is 4.84. The van der Waals surface area contributed by atoms with Gasteiger partial charge in [0.25, 0.3) is 5.91 Å². The number of nitrogens with zero attached hydrogens (tertiary/aromatic N) is 1. The van der Waals surface area contributed by atoms with Crippen molar-refractivity contribution in [1.82, 2.24) is 0 Å². The molecule has 0 radical (unpaired) electrons. The summed E-state index contributed by atoms with van der Waals surface area (Å²) in [5.41, 5.74) is 4.10. The molecule has 4 heteroatoms. The summed E-state index contributed by atoms with van der Waals surface area (Å²) in [7, 11) is 0. The lowest BCUT2D eigenvalue weighted by molar-refractivity contribution is 0.0975. The monoisotopic (exact) mass is 360 g/mol. The van der Waals surface area contributed by atoms with Gasteiger partial charge in [0, 0.05) is 11.4 Å². The molecule has 1 atom stereocenters. The van der Waals surface area contributed by atoms with Crippen molar-refractivity contribution < 1.29 is 9.18 Å². The van der Waals surface area contributed by atoms with Crippen molar-refractivity contribution in [1.29, 1.82) is 0 Å². The molecule has 1 aliphatic heterocycles. The van der Waals surface area contributed by atoms with Gasteiger partial charge in [-0.15, -0.1) is 0 Å². The molecule has 1 N–H and O–H groups in total. The van der Waals surface area contributed by atoms with Crippen LogP contribution in [-0.4, -0.2) is 5.91 Å². The van der Waals surface area contributed by atoms with Gasteiger partial charge in [-0.3, -0.25) is 9.69 Å². The van der Waals surface area contributed by atoms with E-state index in [0.717, 1.165) is 24.2 Å². The minimum absolute atomic E-state index is 0.0955. The second kappa shape index (κ2) is 7.23. The number of carbonyl (C=O) groups excluding carboxylic acids is 1. The fourth-order valence-corrected chi connectivity index (χ4v) is 3.54. The van der Waals surface area contributed by atoms with Crippen molar-refractivity contribution in [2.24, 2.45) is 0 Å². The number of hydrogen-bond acceptors (Lipinski definition) is 2. The van der Waals surface area contributed by atoms with E-state index in [1.54, 1.807) is 11.0 Å². The largest absolute Gasteiger partial charge is 0.360 e. The summed E-state index contributed by atoms with van der Waals surface area (Å²) in [6, 6.07) is 21.8. The van der Waals surface area contributed by atoms with Gasteiger partial charge in [0.05, 0.1) is 5.56 Å². The SMILES string of the molecule is CCCc1ccc(N2C(=O)c3ccccc3NC2c2cccc(F)c2)cc1. The van der Waals surface area contributed by atoms with Gasteiger partial charge in [-0.25, -0.2) is 4.39 Å². The first kappa shape index (κ1) is 17.3. The maximum Gasteiger partial charge on any atom is 0.262 e. The Hall–Kier alpha value is -3.14. The summed E-state index contributed by atoms with van der Waals surface area (Å²) >= 11 is 0. The molecule has 1 amide bonds. The summed E-state index contributed by atoms with van der Waals surface area (Å²) in [5.74, 6) is -0.416. The van der Waals surface area contributed by atoms with Crippen molar-refractivity contribution in [2.45, 2.75) is 25.9 Å². The second-order valence-corrected chi connectivity index (χ2v) is 6.74. The molecular weight excluding hydrogens is 339 g/mol. The summed E-state index contributed by atoms with van der Waals surface area (Å²) < 4.78 is 13.9. The lowest BCUT2D eigenvalue weighted by Gasteiger charge is -2.38. The van der Waals surface area contributed by atoms with Gasteiger partial charge in [0.2, 0.25) is 0 Å². The number of rotatable bonds is 4. The van der Waals surface area contributed by atoms with Crippen LogP contribution in [0.5, 0.6) is 0 Å². The van der Waals surface area contributed by atoms with Crippen molar-refractivity contribution in [3.05, 3.63) is 95.3 Å². The maximum absolute atomic E-state index is 13.9. The van der Waals surface area contributed by atoms with Crippen molar-refractivity contribution in [3.63, 3.8) is 0 Å². The Morgan fingerprint density at radius 3 is 2.52 bits per heavy atom. The minimum Gasteiger partial charge on any atom is -0.360 e. The highest BCUT2D eigenvalue weighted by atomic mass is 19.1.